The highest BCUT2D eigenvalue weighted by Gasteiger charge is 2.40. The maximum atomic E-state index is 12.8. The zero-order chi connectivity index (χ0) is 18.8. The quantitative estimate of drug-likeness (QED) is 0.693. The molecule has 1 aliphatic rings. The summed E-state index contributed by atoms with van der Waals surface area (Å²) >= 11 is 0. The van der Waals surface area contributed by atoms with Crippen LogP contribution < -0.4 is 5.56 Å². The van der Waals surface area contributed by atoms with E-state index in [1.54, 1.807) is 17.9 Å². The van der Waals surface area contributed by atoms with Crippen LogP contribution in [0, 0.1) is 6.92 Å². The first-order valence-electron chi connectivity index (χ1n) is 8.77. The SMILES string of the molecule is Cc1noc([C@@H]2CN(C(=O)Cn3ncccc3=O)C[C@@H]2c2ccccc2)n1. The number of rotatable bonds is 4. The fourth-order valence-corrected chi connectivity index (χ4v) is 3.49. The van der Waals surface area contributed by atoms with Crippen molar-refractivity contribution in [3.05, 3.63) is 76.3 Å². The van der Waals surface area contributed by atoms with E-state index in [1.807, 2.05) is 30.3 Å². The Morgan fingerprint density at radius 2 is 1.93 bits per heavy atom. The highest BCUT2D eigenvalue weighted by molar-refractivity contribution is 5.76. The molecule has 3 aromatic rings. The molecule has 3 heterocycles. The molecule has 8 nitrogen and oxygen atoms in total. The molecule has 1 saturated heterocycles. The number of likely N-dealkylation sites (tertiary alicyclic amines) is 1. The van der Waals surface area contributed by atoms with E-state index in [0.717, 1.165) is 5.56 Å². The maximum Gasteiger partial charge on any atom is 0.267 e. The van der Waals surface area contributed by atoms with E-state index in [4.69, 9.17) is 4.52 Å². The van der Waals surface area contributed by atoms with Gasteiger partial charge in [0.2, 0.25) is 11.8 Å². The summed E-state index contributed by atoms with van der Waals surface area (Å²) in [5, 5.41) is 7.86. The van der Waals surface area contributed by atoms with Crippen LogP contribution in [0.1, 0.15) is 29.1 Å². The summed E-state index contributed by atoms with van der Waals surface area (Å²) in [6.45, 7) is 2.67. The molecule has 0 spiro atoms. The van der Waals surface area contributed by atoms with Gasteiger partial charge < -0.3 is 9.42 Å². The molecule has 1 fully saturated rings. The summed E-state index contributed by atoms with van der Waals surface area (Å²) in [5.41, 5.74) is 0.817. The Balaban J connectivity index is 1.59. The van der Waals surface area contributed by atoms with Crippen molar-refractivity contribution in [1.29, 1.82) is 0 Å². The topological polar surface area (TPSA) is 94.1 Å². The number of aryl methyl sites for hydroxylation is 1. The molecule has 1 aromatic carbocycles. The summed E-state index contributed by atoms with van der Waals surface area (Å²) in [7, 11) is 0. The van der Waals surface area contributed by atoms with E-state index in [0.29, 0.717) is 24.8 Å². The number of benzene rings is 1. The summed E-state index contributed by atoms with van der Waals surface area (Å²) < 4.78 is 6.57. The van der Waals surface area contributed by atoms with E-state index >= 15 is 0 Å². The molecule has 1 amide bonds. The normalized spacial score (nSPS) is 19.4. The molecule has 2 atom stereocenters. The van der Waals surface area contributed by atoms with E-state index in [-0.39, 0.29) is 29.8 Å². The Labute approximate surface area is 155 Å². The Bertz CT molecular complexity index is 998. The molecule has 0 saturated carbocycles. The molecule has 4 rings (SSSR count). The lowest BCUT2D eigenvalue weighted by Crippen LogP contribution is -2.35. The monoisotopic (exact) mass is 365 g/mol. The van der Waals surface area contributed by atoms with Crippen LogP contribution in [0.3, 0.4) is 0 Å². The van der Waals surface area contributed by atoms with Crippen molar-refractivity contribution in [3.8, 4) is 0 Å². The van der Waals surface area contributed by atoms with E-state index < -0.39 is 0 Å². The number of hydrogen-bond acceptors (Lipinski definition) is 6. The summed E-state index contributed by atoms with van der Waals surface area (Å²) in [5.74, 6) is 0.914. The van der Waals surface area contributed by atoms with Gasteiger partial charge in [-0.3, -0.25) is 9.59 Å². The minimum Gasteiger partial charge on any atom is -0.340 e. The lowest BCUT2D eigenvalue weighted by Gasteiger charge is -2.16. The first-order chi connectivity index (χ1) is 13.1. The molecule has 8 heteroatoms. The fraction of sp³-hybridized carbons (Fsp3) is 0.316. The van der Waals surface area contributed by atoms with Crippen molar-refractivity contribution in [2.75, 3.05) is 13.1 Å². The third-order valence-corrected chi connectivity index (χ3v) is 4.83. The van der Waals surface area contributed by atoms with Crippen molar-refractivity contribution in [3.63, 3.8) is 0 Å². The second-order valence-corrected chi connectivity index (χ2v) is 6.62. The molecule has 138 valence electrons. The molecule has 27 heavy (non-hydrogen) atoms. The molecule has 0 aliphatic carbocycles. The van der Waals surface area contributed by atoms with Gasteiger partial charge in [0.25, 0.3) is 5.56 Å². The largest absolute Gasteiger partial charge is 0.340 e. The number of carbonyl (C=O) groups excluding carboxylic acids is 1. The number of nitrogens with zero attached hydrogens (tertiary/aromatic N) is 5. The number of amides is 1. The minimum atomic E-state index is -0.297. The zero-order valence-corrected chi connectivity index (χ0v) is 14.9. The second-order valence-electron chi connectivity index (χ2n) is 6.62. The van der Waals surface area contributed by atoms with Gasteiger partial charge in [-0.2, -0.15) is 10.1 Å². The van der Waals surface area contributed by atoms with Gasteiger partial charge >= 0.3 is 0 Å². The van der Waals surface area contributed by atoms with Crippen molar-refractivity contribution >= 4 is 5.91 Å². The van der Waals surface area contributed by atoms with Crippen molar-refractivity contribution in [2.45, 2.75) is 25.3 Å². The van der Waals surface area contributed by atoms with Gasteiger partial charge in [-0.25, -0.2) is 4.68 Å². The van der Waals surface area contributed by atoms with E-state index in [9.17, 15) is 9.59 Å². The smallest absolute Gasteiger partial charge is 0.267 e. The lowest BCUT2D eigenvalue weighted by molar-refractivity contribution is -0.131. The van der Waals surface area contributed by atoms with Crippen LogP contribution in [0.15, 0.2) is 58.0 Å². The van der Waals surface area contributed by atoms with E-state index in [1.165, 1.54) is 16.9 Å². The van der Waals surface area contributed by atoms with Crippen molar-refractivity contribution in [1.82, 2.24) is 24.8 Å². The van der Waals surface area contributed by atoms with Gasteiger partial charge in [-0.1, -0.05) is 35.5 Å². The second kappa shape index (κ2) is 7.14. The third-order valence-electron chi connectivity index (χ3n) is 4.83. The Morgan fingerprint density at radius 1 is 1.15 bits per heavy atom. The summed E-state index contributed by atoms with van der Waals surface area (Å²) in [6.07, 6.45) is 1.50. The van der Waals surface area contributed by atoms with Crippen LogP contribution in [0.5, 0.6) is 0 Å². The predicted octanol–water partition coefficient (Wildman–Crippen LogP) is 1.34. The van der Waals surface area contributed by atoms with Gasteiger partial charge in [0, 0.05) is 31.3 Å². The van der Waals surface area contributed by atoms with Gasteiger partial charge in [0.05, 0.1) is 5.92 Å². The molecule has 0 bridgehead atoms. The van der Waals surface area contributed by atoms with Crippen molar-refractivity contribution < 1.29 is 9.32 Å². The van der Waals surface area contributed by atoms with Crippen LogP contribution in [0.4, 0.5) is 0 Å². The third kappa shape index (κ3) is 3.51. The van der Waals surface area contributed by atoms with Crippen LogP contribution in [0.2, 0.25) is 0 Å². The van der Waals surface area contributed by atoms with Gasteiger partial charge in [-0.05, 0) is 18.6 Å². The molecular formula is C19H19N5O3. The fourth-order valence-electron chi connectivity index (χ4n) is 3.49. The first-order valence-corrected chi connectivity index (χ1v) is 8.77. The average Bonchev–Trinajstić information content (AvgIpc) is 3.31. The highest BCUT2D eigenvalue weighted by atomic mass is 16.5. The molecular weight excluding hydrogens is 346 g/mol. The predicted molar refractivity (Wildman–Crippen MR) is 96.0 cm³/mol. The Kier molecular flexibility index (Phi) is 4.53. The molecule has 0 radical (unpaired) electrons. The lowest BCUT2D eigenvalue weighted by atomic mass is 9.89. The molecule has 0 unspecified atom stereocenters. The zero-order valence-electron chi connectivity index (χ0n) is 14.9. The summed E-state index contributed by atoms with van der Waals surface area (Å²) in [6, 6.07) is 12.9. The van der Waals surface area contributed by atoms with Crippen LogP contribution >= 0.6 is 0 Å². The van der Waals surface area contributed by atoms with Gasteiger partial charge in [0.15, 0.2) is 5.82 Å². The Morgan fingerprint density at radius 3 is 2.63 bits per heavy atom. The summed E-state index contributed by atoms with van der Waals surface area (Å²) in [4.78, 5) is 30.7. The molecule has 2 aromatic heterocycles. The number of carbonyl (C=O) groups is 1. The highest BCUT2D eigenvalue weighted by Crippen LogP contribution is 2.39. The Hall–Kier alpha value is -3.29. The average molecular weight is 365 g/mol. The molecule has 1 aliphatic heterocycles. The van der Waals surface area contributed by atoms with Gasteiger partial charge in [0.1, 0.15) is 6.54 Å². The van der Waals surface area contributed by atoms with Crippen molar-refractivity contribution in [2.24, 2.45) is 0 Å². The number of aromatic nitrogens is 4. The minimum absolute atomic E-state index is 0.0513. The van der Waals surface area contributed by atoms with Crippen LogP contribution in [0.25, 0.3) is 0 Å². The van der Waals surface area contributed by atoms with Crippen LogP contribution in [-0.4, -0.2) is 43.8 Å². The van der Waals surface area contributed by atoms with E-state index in [2.05, 4.69) is 15.2 Å². The molecule has 0 N–H and O–H groups in total. The standard InChI is InChI=1S/C19H19N5O3/c1-13-21-19(27-22-13)16-11-23(10-15(16)14-6-3-2-4-7-14)18(26)12-24-17(25)8-5-9-20-24/h2-9,15-16H,10-12H2,1H3/t15-,16-/m1/s1. The van der Waals surface area contributed by atoms with Gasteiger partial charge in [-0.15, -0.1) is 0 Å². The van der Waals surface area contributed by atoms with Crippen LogP contribution in [-0.2, 0) is 11.3 Å². The maximum absolute atomic E-state index is 12.8. The number of hydrogen-bond donors (Lipinski definition) is 0. The first kappa shape index (κ1) is 17.1.